The minimum Gasteiger partial charge on any atom is -0.507 e. The summed E-state index contributed by atoms with van der Waals surface area (Å²) >= 11 is 12.1. The summed E-state index contributed by atoms with van der Waals surface area (Å²) in [5.41, 5.74) is 0.483. The molecule has 0 bridgehead atoms. The predicted octanol–water partition coefficient (Wildman–Crippen LogP) is 6.75. The Kier molecular flexibility index (Phi) is 9.17. The van der Waals surface area contributed by atoms with Crippen molar-refractivity contribution < 1.29 is 18.6 Å². The molecule has 7 nitrogen and oxygen atoms in total. The first kappa shape index (κ1) is 29.7. The highest BCUT2D eigenvalue weighted by Gasteiger charge is 2.42. The van der Waals surface area contributed by atoms with Crippen molar-refractivity contribution in [1.29, 1.82) is 0 Å². The third kappa shape index (κ3) is 6.89. The lowest BCUT2D eigenvalue weighted by Crippen LogP contribution is -2.46. The van der Waals surface area contributed by atoms with Gasteiger partial charge in [-0.1, -0.05) is 39.2 Å². The molecule has 3 atom stereocenters. The number of thiol groups is 3. The maximum Gasteiger partial charge on any atom is 0.242 e. The Labute approximate surface area is 244 Å². The van der Waals surface area contributed by atoms with Crippen LogP contribution in [0.1, 0.15) is 52.4 Å². The third-order valence-corrected chi connectivity index (χ3v) is 7.63. The molecule has 1 aromatic carbocycles. The molecule has 0 saturated heterocycles. The van der Waals surface area contributed by atoms with E-state index in [4.69, 9.17) is 4.74 Å². The maximum atomic E-state index is 15.8. The van der Waals surface area contributed by atoms with Gasteiger partial charge in [0.1, 0.15) is 17.7 Å². The van der Waals surface area contributed by atoms with E-state index in [0.717, 1.165) is 44.7 Å². The summed E-state index contributed by atoms with van der Waals surface area (Å²) in [6.45, 7) is 4.14. The van der Waals surface area contributed by atoms with Crippen molar-refractivity contribution in [2.24, 2.45) is 5.41 Å². The van der Waals surface area contributed by atoms with Crippen molar-refractivity contribution in [2.75, 3.05) is 11.9 Å². The number of halogens is 2. The number of hydrogen-bond donors (Lipinski definition) is 4. The van der Waals surface area contributed by atoms with Crippen LogP contribution in [0.25, 0.3) is 22.5 Å². The van der Waals surface area contributed by atoms with Gasteiger partial charge in [-0.15, -0.1) is 48.1 Å². The lowest BCUT2D eigenvalue weighted by Gasteiger charge is -2.39. The van der Waals surface area contributed by atoms with E-state index < -0.39 is 15.6 Å². The number of pyridine rings is 1. The predicted molar refractivity (Wildman–Crippen MR) is 159 cm³/mol. The molecule has 0 spiro atoms. The second-order valence-electron chi connectivity index (χ2n) is 10.3. The number of benzene rings is 1. The average Bonchev–Trinajstić information content (AvgIpc) is 3.02. The van der Waals surface area contributed by atoms with Gasteiger partial charge in [0.05, 0.1) is 24.0 Å². The van der Waals surface area contributed by atoms with Gasteiger partial charge in [-0.3, -0.25) is 0 Å². The van der Waals surface area contributed by atoms with Crippen LogP contribution in [-0.4, -0.2) is 48.1 Å². The van der Waals surface area contributed by atoms with Crippen LogP contribution < -0.4 is 9.64 Å². The molecular weight excluding hydrogens is 561 g/mol. The summed E-state index contributed by atoms with van der Waals surface area (Å²) in [5, 5.41) is 19.2. The number of aromatic nitrogens is 4. The van der Waals surface area contributed by atoms with Crippen molar-refractivity contribution >= 4 is 43.7 Å². The number of rotatable bonds is 8. The first-order chi connectivity index (χ1) is 18.4. The van der Waals surface area contributed by atoms with E-state index in [2.05, 4.69) is 65.0 Å². The van der Waals surface area contributed by atoms with Crippen molar-refractivity contribution in [2.45, 2.75) is 68.2 Å². The minimum atomic E-state index is -1.41. The maximum absolute atomic E-state index is 15.8. The molecule has 3 aromatic rings. The second kappa shape index (κ2) is 12.1. The zero-order valence-corrected chi connectivity index (χ0v) is 24.7. The van der Waals surface area contributed by atoms with Gasteiger partial charge < -0.3 is 14.7 Å². The molecule has 0 amide bonds. The molecule has 210 valence electrons. The fraction of sp³-hybridized carbons (Fsp3) is 0.481. The van der Waals surface area contributed by atoms with Gasteiger partial charge in [0.25, 0.3) is 0 Å². The standard InChI is InChI=1S/C27H33F2N5O2S3/c1-4-10-26(2)11-6-5-7-20(24(26)29)34(3)22-15-31-25(33-32-22)17-9-8-16(12-21(17)35)18-13-23(30-14-19(18)28)36-27(37,38)39/h8-9,12-15,20,24,35,37-39H,4-7,10-11H2,1-3H3/t20-,24-,26+/m0/s1. The van der Waals surface area contributed by atoms with Gasteiger partial charge in [0.2, 0.25) is 9.48 Å². The molecule has 2 aromatic heterocycles. The van der Waals surface area contributed by atoms with E-state index in [9.17, 15) is 9.50 Å². The topological polar surface area (TPSA) is 84.3 Å². The first-order valence-electron chi connectivity index (χ1n) is 12.8. The Morgan fingerprint density at radius 2 is 1.90 bits per heavy atom. The molecule has 0 radical (unpaired) electrons. The van der Waals surface area contributed by atoms with Crippen LogP contribution in [0.15, 0.2) is 36.7 Å². The molecule has 1 fully saturated rings. The van der Waals surface area contributed by atoms with Crippen LogP contribution in [0.4, 0.5) is 14.6 Å². The van der Waals surface area contributed by atoms with E-state index in [1.165, 1.54) is 18.3 Å². The number of alkyl halides is 1. The zero-order valence-electron chi connectivity index (χ0n) is 22.1. The Morgan fingerprint density at radius 3 is 2.54 bits per heavy atom. The summed E-state index contributed by atoms with van der Waals surface area (Å²) in [4.78, 5) is 10.1. The van der Waals surface area contributed by atoms with E-state index in [-0.39, 0.29) is 34.5 Å². The van der Waals surface area contributed by atoms with E-state index >= 15 is 4.39 Å². The molecule has 0 unspecified atom stereocenters. The van der Waals surface area contributed by atoms with Crippen LogP contribution in [0, 0.1) is 11.2 Å². The van der Waals surface area contributed by atoms with E-state index in [1.54, 1.807) is 12.1 Å². The van der Waals surface area contributed by atoms with Crippen molar-refractivity contribution in [3.05, 3.63) is 42.5 Å². The van der Waals surface area contributed by atoms with Gasteiger partial charge in [-0.25, -0.2) is 18.7 Å². The summed E-state index contributed by atoms with van der Waals surface area (Å²) in [5.74, 6) is -0.0647. The van der Waals surface area contributed by atoms with Crippen molar-refractivity contribution in [3.8, 4) is 34.1 Å². The smallest absolute Gasteiger partial charge is 0.242 e. The Balaban J connectivity index is 1.55. The van der Waals surface area contributed by atoms with Crippen LogP contribution in [-0.2, 0) is 0 Å². The third-order valence-electron chi connectivity index (χ3n) is 7.35. The largest absolute Gasteiger partial charge is 0.507 e. The number of hydrogen-bond acceptors (Lipinski definition) is 10. The molecule has 1 aliphatic carbocycles. The van der Waals surface area contributed by atoms with Gasteiger partial charge in [-0.2, -0.15) is 0 Å². The van der Waals surface area contributed by atoms with Gasteiger partial charge in [0, 0.05) is 24.1 Å². The number of nitrogens with zero attached hydrogens (tertiary/aromatic N) is 5. The number of ether oxygens (including phenoxy) is 1. The highest BCUT2D eigenvalue weighted by molar-refractivity contribution is 8.16. The minimum absolute atomic E-state index is 0.0569. The van der Waals surface area contributed by atoms with Gasteiger partial charge in [-0.05, 0) is 37.0 Å². The Hall–Kier alpha value is -2.31. The Morgan fingerprint density at radius 1 is 1.13 bits per heavy atom. The van der Waals surface area contributed by atoms with Crippen LogP contribution in [0.3, 0.4) is 0 Å². The van der Waals surface area contributed by atoms with E-state index in [1.807, 2.05) is 18.9 Å². The molecule has 1 saturated carbocycles. The molecule has 12 heteroatoms. The zero-order chi connectivity index (χ0) is 28.4. The number of anilines is 1. The van der Waals surface area contributed by atoms with Gasteiger partial charge in [0.15, 0.2) is 11.6 Å². The van der Waals surface area contributed by atoms with Crippen LogP contribution in [0.5, 0.6) is 11.6 Å². The molecule has 39 heavy (non-hydrogen) atoms. The van der Waals surface area contributed by atoms with Crippen molar-refractivity contribution in [1.82, 2.24) is 20.2 Å². The Bertz CT molecular complexity index is 1300. The monoisotopic (exact) mass is 593 g/mol. The molecule has 2 heterocycles. The normalized spacial score (nSPS) is 21.8. The molecular formula is C27H33F2N5O2S3. The number of aromatic hydroxyl groups is 1. The number of phenols is 1. The fourth-order valence-electron chi connectivity index (χ4n) is 5.30. The number of phenolic OH excluding ortho intramolecular Hbond substituents is 1. The van der Waals surface area contributed by atoms with Crippen molar-refractivity contribution in [3.63, 3.8) is 0 Å². The lowest BCUT2D eigenvalue weighted by molar-refractivity contribution is 0.0868. The SMILES string of the molecule is CCC[C@]1(C)CCCC[C@H](N(C)c2cnc(-c3ccc(-c4cc(OC(S)(S)S)ncc4F)cc3O)nn2)[C@@H]1F. The summed E-state index contributed by atoms with van der Waals surface area (Å²) in [6, 6.07) is 5.63. The molecule has 1 aliphatic rings. The van der Waals surface area contributed by atoms with Crippen LogP contribution in [0.2, 0.25) is 0 Å². The van der Waals surface area contributed by atoms with Crippen LogP contribution >= 0.6 is 37.9 Å². The highest BCUT2D eigenvalue weighted by atomic mass is 32.2. The summed E-state index contributed by atoms with van der Waals surface area (Å²) < 4.78 is 34.3. The summed E-state index contributed by atoms with van der Waals surface area (Å²) in [7, 11) is 1.83. The molecule has 4 rings (SSSR count). The second-order valence-corrected chi connectivity index (χ2v) is 13.2. The molecule has 0 aliphatic heterocycles. The first-order valence-corrected chi connectivity index (χ1v) is 14.2. The van der Waals surface area contributed by atoms with Gasteiger partial charge >= 0.3 is 0 Å². The highest BCUT2D eigenvalue weighted by Crippen LogP contribution is 2.43. The molecule has 1 N–H and O–H groups in total. The summed E-state index contributed by atoms with van der Waals surface area (Å²) in [6.07, 6.45) is 6.91. The average molecular weight is 594 g/mol. The van der Waals surface area contributed by atoms with E-state index in [0.29, 0.717) is 16.9 Å². The fourth-order valence-corrected chi connectivity index (χ4v) is 5.58. The quantitative estimate of drug-likeness (QED) is 0.131. The lowest BCUT2D eigenvalue weighted by atomic mass is 9.76.